The molecule has 1 aliphatic carbocycles. The van der Waals surface area contributed by atoms with Gasteiger partial charge in [-0.05, 0) is 37.0 Å². The van der Waals surface area contributed by atoms with Gasteiger partial charge >= 0.3 is 0 Å². The van der Waals surface area contributed by atoms with Crippen LogP contribution in [0.25, 0.3) is 0 Å². The molecule has 4 heteroatoms. The van der Waals surface area contributed by atoms with Gasteiger partial charge < -0.3 is 10.6 Å². The first kappa shape index (κ1) is 14.4. The van der Waals surface area contributed by atoms with Crippen molar-refractivity contribution in [3.8, 4) is 0 Å². The molecule has 0 spiro atoms. The first-order chi connectivity index (χ1) is 9.13. The SMILES string of the molecule is CC1CCCC(NCC(=O)Nc2cccc(Cl)c2)C1. The molecule has 1 aromatic rings. The molecule has 3 nitrogen and oxygen atoms in total. The van der Waals surface area contributed by atoms with Crippen molar-refractivity contribution in [3.05, 3.63) is 29.3 Å². The van der Waals surface area contributed by atoms with Crippen LogP contribution in [0.4, 0.5) is 5.69 Å². The molecule has 0 radical (unpaired) electrons. The minimum atomic E-state index is -0.0134. The Morgan fingerprint density at radius 1 is 1.42 bits per heavy atom. The maximum atomic E-state index is 11.8. The third-order valence-electron chi connectivity index (χ3n) is 3.60. The van der Waals surface area contributed by atoms with Crippen molar-refractivity contribution in [2.75, 3.05) is 11.9 Å². The molecular formula is C15H21ClN2O. The second kappa shape index (κ2) is 6.92. The Morgan fingerprint density at radius 2 is 2.26 bits per heavy atom. The fraction of sp³-hybridized carbons (Fsp3) is 0.533. The van der Waals surface area contributed by atoms with Gasteiger partial charge in [0.2, 0.25) is 5.91 Å². The van der Waals surface area contributed by atoms with E-state index >= 15 is 0 Å². The van der Waals surface area contributed by atoms with Crippen molar-refractivity contribution in [3.63, 3.8) is 0 Å². The second-order valence-electron chi connectivity index (χ2n) is 5.41. The minimum absolute atomic E-state index is 0.0134. The van der Waals surface area contributed by atoms with E-state index in [1.807, 2.05) is 12.1 Å². The summed E-state index contributed by atoms with van der Waals surface area (Å²) in [6, 6.07) is 7.69. The first-order valence-corrected chi connectivity index (χ1v) is 7.30. The van der Waals surface area contributed by atoms with Gasteiger partial charge in [-0.1, -0.05) is 37.4 Å². The molecule has 0 aromatic heterocycles. The number of hydrogen-bond acceptors (Lipinski definition) is 2. The summed E-state index contributed by atoms with van der Waals surface area (Å²) in [5, 5.41) is 6.82. The van der Waals surface area contributed by atoms with Gasteiger partial charge in [0, 0.05) is 16.8 Å². The van der Waals surface area contributed by atoms with Crippen LogP contribution in [0.5, 0.6) is 0 Å². The van der Waals surface area contributed by atoms with Gasteiger partial charge in [0.15, 0.2) is 0 Å². The Morgan fingerprint density at radius 3 is 3.00 bits per heavy atom. The predicted molar refractivity (Wildman–Crippen MR) is 79.5 cm³/mol. The van der Waals surface area contributed by atoms with Crippen molar-refractivity contribution in [2.24, 2.45) is 5.92 Å². The molecule has 2 atom stereocenters. The summed E-state index contributed by atoms with van der Waals surface area (Å²) in [7, 11) is 0. The molecule has 1 saturated carbocycles. The van der Waals surface area contributed by atoms with Crippen LogP contribution in [-0.4, -0.2) is 18.5 Å². The molecule has 2 rings (SSSR count). The fourth-order valence-electron chi connectivity index (χ4n) is 2.63. The number of benzene rings is 1. The predicted octanol–water partition coefficient (Wildman–Crippen LogP) is 3.45. The largest absolute Gasteiger partial charge is 0.325 e. The third-order valence-corrected chi connectivity index (χ3v) is 3.83. The van der Waals surface area contributed by atoms with Crippen LogP contribution in [0.3, 0.4) is 0 Å². The summed E-state index contributed by atoms with van der Waals surface area (Å²) in [5.41, 5.74) is 0.747. The van der Waals surface area contributed by atoms with E-state index in [4.69, 9.17) is 11.6 Å². The topological polar surface area (TPSA) is 41.1 Å². The van der Waals surface area contributed by atoms with E-state index in [1.54, 1.807) is 12.1 Å². The number of amides is 1. The highest BCUT2D eigenvalue weighted by Crippen LogP contribution is 2.23. The minimum Gasteiger partial charge on any atom is -0.325 e. The van der Waals surface area contributed by atoms with Crippen LogP contribution in [0.15, 0.2) is 24.3 Å². The maximum absolute atomic E-state index is 11.8. The summed E-state index contributed by atoms with van der Waals surface area (Å²) >= 11 is 5.88. The lowest BCUT2D eigenvalue weighted by molar-refractivity contribution is -0.115. The number of rotatable bonds is 4. The summed E-state index contributed by atoms with van der Waals surface area (Å²) in [4.78, 5) is 11.8. The Bertz CT molecular complexity index is 436. The van der Waals surface area contributed by atoms with Gasteiger partial charge in [-0.3, -0.25) is 4.79 Å². The molecule has 0 aliphatic heterocycles. The van der Waals surface area contributed by atoms with Gasteiger partial charge in [-0.25, -0.2) is 0 Å². The Kier molecular flexibility index (Phi) is 5.23. The lowest BCUT2D eigenvalue weighted by Crippen LogP contribution is -2.38. The molecule has 0 bridgehead atoms. The van der Waals surface area contributed by atoms with Crippen molar-refractivity contribution in [1.82, 2.24) is 5.32 Å². The van der Waals surface area contributed by atoms with Crippen molar-refractivity contribution >= 4 is 23.2 Å². The molecule has 1 fully saturated rings. The number of carbonyl (C=O) groups is 1. The average molecular weight is 281 g/mol. The zero-order valence-electron chi connectivity index (χ0n) is 11.3. The molecule has 19 heavy (non-hydrogen) atoms. The standard InChI is InChI=1S/C15H21ClN2O/c1-11-4-2-6-13(8-11)17-10-15(19)18-14-7-3-5-12(16)9-14/h3,5,7,9,11,13,17H,2,4,6,8,10H2,1H3,(H,18,19). The summed E-state index contributed by atoms with van der Waals surface area (Å²) in [6.07, 6.45) is 4.92. The summed E-state index contributed by atoms with van der Waals surface area (Å²) < 4.78 is 0. The zero-order chi connectivity index (χ0) is 13.7. The molecular weight excluding hydrogens is 260 g/mol. The van der Waals surface area contributed by atoms with Crippen molar-refractivity contribution in [1.29, 1.82) is 0 Å². The van der Waals surface area contributed by atoms with Crippen LogP contribution < -0.4 is 10.6 Å². The maximum Gasteiger partial charge on any atom is 0.238 e. The third kappa shape index (κ3) is 4.84. The zero-order valence-corrected chi connectivity index (χ0v) is 12.0. The number of nitrogens with one attached hydrogen (secondary N) is 2. The summed E-state index contributed by atoms with van der Waals surface area (Å²) in [5.74, 6) is 0.753. The smallest absolute Gasteiger partial charge is 0.238 e. The van der Waals surface area contributed by atoms with Gasteiger partial charge in [0.25, 0.3) is 0 Å². The van der Waals surface area contributed by atoms with E-state index in [2.05, 4.69) is 17.6 Å². The Balaban J connectivity index is 1.75. The van der Waals surface area contributed by atoms with Crippen LogP contribution in [0.2, 0.25) is 5.02 Å². The molecule has 0 heterocycles. The number of carbonyl (C=O) groups excluding carboxylic acids is 1. The van der Waals surface area contributed by atoms with Crippen LogP contribution >= 0.6 is 11.6 Å². The molecule has 2 unspecified atom stereocenters. The van der Waals surface area contributed by atoms with Gasteiger partial charge in [-0.15, -0.1) is 0 Å². The second-order valence-corrected chi connectivity index (χ2v) is 5.84. The van der Waals surface area contributed by atoms with Gasteiger partial charge in [-0.2, -0.15) is 0 Å². The first-order valence-electron chi connectivity index (χ1n) is 6.92. The normalized spacial score (nSPS) is 23.1. The van der Waals surface area contributed by atoms with Crippen LogP contribution in [0.1, 0.15) is 32.6 Å². The van der Waals surface area contributed by atoms with Crippen molar-refractivity contribution in [2.45, 2.75) is 38.6 Å². The van der Waals surface area contributed by atoms with Crippen LogP contribution in [0, 0.1) is 5.92 Å². The Labute approximate surface area is 119 Å². The molecule has 2 N–H and O–H groups in total. The quantitative estimate of drug-likeness (QED) is 0.887. The monoisotopic (exact) mass is 280 g/mol. The highest BCUT2D eigenvalue weighted by atomic mass is 35.5. The Hall–Kier alpha value is -1.06. The molecule has 1 aromatic carbocycles. The van der Waals surface area contributed by atoms with E-state index in [9.17, 15) is 4.79 Å². The van der Waals surface area contributed by atoms with Gasteiger partial charge in [0.1, 0.15) is 0 Å². The highest BCUT2D eigenvalue weighted by Gasteiger charge is 2.18. The highest BCUT2D eigenvalue weighted by molar-refractivity contribution is 6.30. The van der Waals surface area contributed by atoms with E-state index in [-0.39, 0.29) is 5.91 Å². The van der Waals surface area contributed by atoms with Crippen molar-refractivity contribution < 1.29 is 4.79 Å². The summed E-state index contributed by atoms with van der Waals surface area (Å²) in [6.45, 7) is 2.64. The van der Waals surface area contributed by atoms with Gasteiger partial charge in [0.05, 0.1) is 6.54 Å². The van der Waals surface area contributed by atoms with E-state index in [0.29, 0.717) is 17.6 Å². The fourth-order valence-corrected chi connectivity index (χ4v) is 2.82. The lowest BCUT2D eigenvalue weighted by Gasteiger charge is -2.27. The van der Waals surface area contributed by atoms with Crippen LogP contribution in [-0.2, 0) is 4.79 Å². The van der Waals surface area contributed by atoms with E-state index < -0.39 is 0 Å². The number of hydrogen-bond donors (Lipinski definition) is 2. The molecule has 1 aliphatic rings. The molecule has 0 saturated heterocycles. The van der Waals surface area contributed by atoms with E-state index in [1.165, 1.54) is 25.7 Å². The number of anilines is 1. The molecule has 104 valence electrons. The van der Waals surface area contributed by atoms with E-state index in [0.717, 1.165) is 11.6 Å². The lowest BCUT2D eigenvalue weighted by atomic mass is 9.87. The average Bonchev–Trinajstić information content (AvgIpc) is 2.36. The number of halogens is 1. The molecule has 1 amide bonds.